The lowest BCUT2D eigenvalue weighted by molar-refractivity contribution is 0.326. The van der Waals surface area contributed by atoms with Gasteiger partial charge in [-0.2, -0.15) is 0 Å². The first-order chi connectivity index (χ1) is 7.64. The van der Waals surface area contributed by atoms with Crippen molar-refractivity contribution in [3.8, 4) is 0 Å². The summed E-state index contributed by atoms with van der Waals surface area (Å²) >= 11 is 0. The quantitative estimate of drug-likeness (QED) is 0.576. The van der Waals surface area contributed by atoms with Crippen LogP contribution in [-0.2, 0) is 0 Å². The third-order valence-electron chi connectivity index (χ3n) is 3.76. The molecule has 0 aromatic rings. The van der Waals surface area contributed by atoms with Crippen LogP contribution in [0.25, 0.3) is 0 Å². The number of hydrogen-bond acceptors (Lipinski definition) is 1. The summed E-state index contributed by atoms with van der Waals surface area (Å²) in [5.74, 6) is 0. The normalized spacial score (nSPS) is 15.1. The lowest BCUT2D eigenvalue weighted by Crippen LogP contribution is -2.51. The molecule has 0 spiro atoms. The Morgan fingerprint density at radius 3 is 2.06 bits per heavy atom. The maximum Gasteiger partial charge on any atom is 0.119 e. The van der Waals surface area contributed by atoms with Crippen LogP contribution in [0.2, 0.25) is 38.8 Å². The highest BCUT2D eigenvalue weighted by atomic mass is 28.3. The van der Waals surface area contributed by atoms with Crippen molar-refractivity contribution >= 4 is 16.3 Å². The van der Waals surface area contributed by atoms with Crippen molar-refractivity contribution in [1.82, 2.24) is 4.57 Å². The monoisotopic (exact) mass is 271 g/mol. The molecule has 1 unspecified atom stereocenters. The summed E-state index contributed by atoms with van der Waals surface area (Å²) in [5, 5.41) is 0. The highest BCUT2D eigenvalue weighted by molar-refractivity contribution is 6.82. The summed E-state index contributed by atoms with van der Waals surface area (Å²) in [5.41, 5.74) is 2.23. The first kappa shape index (κ1) is 17.1. The van der Waals surface area contributed by atoms with Crippen molar-refractivity contribution in [1.29, 1.82) is 0 Å². The Balaban J connectivity index is 4.33. The zero-order valence-electron chi connectivity index (χ0n) is 13.1. The predicted molar refractivity (Wildman–Crippen MR) is 86.9 cm³/mol. The Hall–Kier alpha value is 0.134. The van der Waals surface area contributed by atoms with Gasteiger partial charge in [0.15, 0.2) is 0 Å². The van der Waals surface area contributed by atoms with E-state index in [4.69, 9.17) is 0 Å². The van der Waals surface area contributed by atoms with Gasteiger partial charge in [-0.15, -0.1) is 12.3 Å². The van der Waals surface area contributed by atoms with Gasteiger partial charge in [-0.3, -0.25) is 0 Å². The molecule has 0 amide bonds. The van der Waals surface area contributed by atoms with Crippen molar-refractivity contribution in [3.05, 3.63) is 12.3 Å². The molecule has 0 aliphatic rings. The van der Waals surface area contributed by atoms with E-state index in [0.717, 1.165) is 6.04 Å². The molecule has 0 saturated heterocycles. The van der Waals surface area contributed by atoms with Gasteiger partial charge in [-0.25, -0.2) is 0 Å². The maximum absolute atomic E-state index is 3.99. The van der Waals surface area contributed by atoms with Gasteiger partial charge >= 0.3 is 0 Å². The van der Waals surface area contributed by atoms with Crippen molar-refractivity contribution in [3.63, 3.8) is 0 Å². The molecule has 0 aliphatic heterocycles. The smallest absolute Gasteiger partial charge is 0.119 e. The van der Waals surface area contributed by atoms with Crippen LogP contribution < -0.4 is 0 Å². The maximum atomic E-state index is 3.99. The van der Waals surface area contributed by atoms with Gasteiger partial charge in [0, 0.05) is 6.04 Å². The number of nitrogens with zero attached hydrogens (tertiary/aromatic N) is 1. The Morgan fingerprint density at radius 1 is 1.18 bits per heavy atom. The van der Waals surface area contributed by atoms with Gasteiger partial charge in [-0.05, 0) is 19.4 Å². The highest BCUT2D eigenvalue weighted by Crippen LogP contribution is 2.19. The molecule has 0 radical (unpaired) electrons. The Bertz CT molecular complexity index is 231. The molecule has 1 atom stereocenters. The van der Waals surface area contributed by atoms with Crippen LogP contribution in [0.1, 0.15) is 26.7 Å². The van der Waals surface area contributed by atoms with E-state index >= 15 is 0 Å². The van der Waals surface area contributed by atoms with E-state index < -0.39 is 16.3 Å². The molecule has 0 rings (SSSR count). The van der Waals surface area contributed by atoms with Gasteiger partial charge in [-0.1, -0.05) is 52.6 Å². The van der Waals surface area contributed by atoms with E-state index in [1.807, 2.05) is 0 Å². The molecular weight excluding hydrogens is 238 g/mol. The van der Waals surface area contributed by atoms with Crippen LogP contribution in [0.5, 0.6) is 0 Å². The Kier molecular flexibility index (Phi) is 6.96. The molecule has 102 valence electrons. The second-order valence-electron chi connectivity index (χ2n) is 6.92. The summed E-state index contributed by atoms with van der Waals surface area (Å²) in [6.45, 7) is 22.2. The summed E-state index contributed by atoms with van der Waals surface area (Å²) < 4.78 is 2.79. The van der Waals surface area contributed by atoms with Gasteiger partial charge in [0.05, 0.1) is 8.07 Å². The lowest BCUT2D eigenvalue weighted by Gasteiger charge is -2.39. The van der Waals surface area contributed by atoms with Crippen molar-refractivity contribution in [2.45, 2.75) is 71.5 Å². The summed E-state index contributed by atoms with van der Waals surface area (Å²) in [6, 6.07) is 2.13. The molecule has 1 nitrogen and oxygen atoms in total. The molecule has 0 aromatic carbocycles. The number of rotatable bonds is 8. The molecule has 0 aliphatic carbocycles. The van der Waals surface area contributed by atoms with Gasteiger partial charge in [0.2, 0.25) is 0 Å². The number of hydrogen-bond donors (Lipinski definition) is 0. The molecule has 0 bridgehead atoms. The molecule has 3 heteroatoms. The first-order valence-electron chi connectivity index (χ1n) is 7.04. The van der Waals surface area contributed by atoms with Crippen LogP contribution in [0.4, 0.5) is 0 Å². The van der Waals surface area contributed by atoms with Crippen LogP contribution in [-0.4, -0.2) is 33.5 Å². The second kappa shape index (κ2) is 6.90. The predicted octanol–water partition coefficient (Wildman–Crippen LogP) is 4.75. The first-order valence-corrected chi connectivity index (χ1v) is 13.8. The average molecular weight is 272 g/mol. The minimum absolute atomic E-state index is 0.746. The SMILES string of the molecule is C=C[Si](C)(C)CCCN(C(C)CC)[Si](C)(C)C. The van der Waals surface area contributed by atoms with Gasteiger partial charge in [0.1, 0.15) is 8.24 Å². The average Bonchev–Trinajstić information content (AvgIpc) is 2.21. The van der Waals surface area contributed by atoms with Crippen molar-refractivity contribution < 1.29 is 0 Å². The molecule has 0 fully saturated rings. The van der Waals surface area contributed by atoms with E-state index in [1.54, 1.807) is 0 Å². The van der Waals surface area contributed by atoms with E-state index in [0.29, 0.717) is 0 Å². The Labute approximate surface area is 111 Å². The lowest BCUT2D eigenvalue weighted by atomic mass is 10.2. The topological polar surface area (TPSA) is 3.24 Å². The minimum Gasteiger partial charge on any atom is -0.321 e. The van der Waals surface area contributed by atoms with E-state index in [-0.39, 0.29) is 0 Å². The largest absolute Gasteiger partial charge is 0.321 e. The van der Waals surface area contributed by atoms with Crippen molar-refractivity contribution in [2.75, 3.05) is 6.54 Å². The zero-order valence-corrected chi connectivity index (χ0v) is 15.1. The molecule has 0 heterocycles. The standard InChI is InChI=1S/C14H33NSi2/c1-9-14(3)15(16(4,5)6)12-11-13-17(7,8)10-2/h10,14H,2,9,11-13H2,1,3-8H3. The molecule has 0 saturated carbocycles. The van der Waals surface area contributed by atoms with Crippen LogP contribution in [0, 0.1) is 0 Å². The van der Waals surface area contributed by atoms with Gasteiger partial charge in [0.25, 0.3) is 0 Å². The second-order valence-corrected chi connectivity index (χ2v) is 16.7. The highest BCUT2D eigenvalue weighted by Gasteiger charge is 2.27. The van der Waals surface area contributed by atoms with E-state index in [2.05, 4.69) is 63.4 Å². The third kappa shape index (κ3) is 6.58. The summed E-state index contributed by atoms with van der Waals surface area (Å²) in [6.07, 6.45) is 2.62. The minimum atomic E-state index is -1.15. The van der Waals surface area contributed by atoms with Crippen LogP contribution >= 0.6 is 0 Å². The molecule has 0 aromatic heterocycles. The Morgan fingerprint density at radius 2 is 1.71 bits per heavy atom. The van der Waals surface area contributed by atoms with Crippen LogP contribution in [0.3, 0.4) is 0 Å². The zero-order chi connectivity index (χ0) is 13.7. The van der Waals surface area contributed by atoms with E-state index in [9.17, 15) is 0 Å². The molecular formula is C14H33NSi2. The fourth-order valence-corrected chi connectivity index (χ4v) is 5.85. The van der Waals surface area contributed by atoms with Crippen molar-refractivity contribution in [2.24, 2.45) is 0 Å². The summed E-state index contributed by atoms with van der Waals surface area (Å²) in [7, 11) is -2.25. The van der Waals surface area contributed by atoms with E-state index in [1.165, 1.54) is 25.4 Å². The molecule has 17 heavy (non-hydrogen) atoms. The van der Waals surface area contributed by atoms with Gasteiger partial charge < -0.3 is 4.57 Å². The molecule has 0 N–H and O–H groups in total. The fraction of sp³-hybridized carbons (Fsp3) is 0.857. The summed E-state index contributed by atoms with van der Waals surface area (Å²) in [4.78, 5) is 0. The van der Waals surface area contributed by atoms with Crippen LogP contribution in [0.15, 0.2) is 12.3 Å². The third-order valence-corrected chi connectivity index (χ3v) is 8.89. The fourth-order valence-electron chi connectivity index (χ4n) is 2.24.